The van der Waals surface area contributed by atoms with Crippen LogP contribution in [0.3, 0.4) is 0 Å². The molecule has 1 aliphatic rings. The summed E-state index contributed by atoms with van der Waals surface area (Å²) < 4.78 is 22.9. The standard InChI is InChI=1S/C13H17NO2S/c1-17(15,16)12-8-4-7-11(9-12)13(14)10-5-2-3-6-10/h4-5,7-9,13H,2-3,6,14H2,1H3. The second-order valence-corrected chi connectivity index (χ2v) is 6.51. The Hall–Kier alpha value is -1.13. The SMILES string of the molecule is CS(=O)(=O)c1cccc(C(N)C2=CCCC2)c1. The normalized spacial score (nSPS) is 17.9. The van der Waals surface area contributed by atoms with E-state index in [-0.39, 0.29) is 6.04 Å². The number of sulfone groups is 1. The van der Waals surface area contributed by atoms with Gasteiger partial charge in [-0.05, 0) is 37.0 Å². The van der Waals surface area contributed by atoms with Crippen LogP contribution in [0, 0.1) is 0 Å². The first-order valence-corrected chi connectivity index (χ1v) is 7.62. The van der Waals surface area contributed by atoms with Crippen LogP contribution in [0.5, 0.6) is 0 Å². The number of rotatable bonds is 3. The molecule has 0 amide bonds. The Bertz CT molecular complexity index is 546. The van der Waals surface area contributed by atoms with E-state index >= 15 is 0 Å². The highest BCUT2D eigenvalue weighted by Gasteiger charge is 2.16. The van der Waals surface area contributed by atoms with Gasteiger partial charge < -0.3 is 5.73 Å². The van der Waals surface area contributed by atoms with Gasteiger partial charge in [0.05, 0.1) is 10.9 Å². The molecule has 0 radical (unpaired) electrons. The highest BCUT2D eigenvalue weighted by Crippen LogP contribution is 2.29. The third-order valence-corrected chi connectivity index (χ3v) is 4.23. The van der Waals surface area contributed by atoms with Gasteiger partial charge in [0.1, 0.15) is 0 Å². The molecule has 1 aromatic rings. The molecule has 0 aliphatic heterocycles. The Balaban J connectivity index is 2.33. The molecule has 0 spiro atoms. The number of allylic oxidation sites excluding steroid dienone is 1. The van der Waals surface area contributed by atoms with Crippen LogP contribution in [0.2, 0.25) is 0 Å². The molecule has 2 N–H and O–H groups in total. The fourth-order valence-electron chi connectivity index (χ4n) is 2.13. The van der Waals surface area contributed by atoms with Crippen molar-refractivity contribution in [3.63, 3.8) is 0 Å². The van der Waals surface area contributed by atoms with Crippen LogP contribution in [0.1, 0.15) is 30.9 Å². The lowest BCUT2D eigenvalue weighted by Gasteiger charge is -2.14. The molecule has 92 valence electrons. The summed E-state index contributed by atoms with van der Waals surface area (Å²) in [7, 11) is -3.16. The van der Waals surface area contributed by atoms with Crippen LogP contribution < -0.4 is 5.73 Å². The molecular formula is C13H17NO2S. The highest BCUT2D eigenvalue weighted by atomic mass is 32.2. The average Bonchev–Trinajstić information content (AvgIpc) is 2.80. The van der Waals surface area contributed by atoms with Crippen LogP contribution in [-0.2, 0) is 9.84 Å². The van der Waals surface area contributed by atoms with Crippen molar-refractivity contribution >= 4 is 9.84 Å². The van der Waals surface area contributed by atoms with E-state index in [2.05, 4.69) is 6.08 Å². The first-order valence-electron chi connectivity index (χ1n) is 5.73. The zero-order chi connectivity index (χ0) is 12.5. The van der Waals surface area contributed by atoms with Gasteiger partial charge in [0.25, 0.3) is 0 Å². The zero-order valence-corrected chi connectivity index (χ0v) is 10.7. The zero-order valence-electron chi connectivity index (χ0n) is 9.89. The molecule has 0 aromatic heterocycles. The summed E-state index contributed by atoms with van der Waals surface area (Å²) in [4.78, 5) is 0.337. The summed E-state index contributed by atoms with van der Waals surface area (Å²) >= 11 is 0. The van der Waals surface area contributed by atoms with E-state index < -0.39 is 9.84 Å². The van der Waals surface area contributed by atoms with Gasteiger partial charge in [0, 0.05) is 6.26 Å². The van der Waals surface area contributed by atoms with Gasteiger partial charge in [-0.25, -0.2) is 8.42 Å². The quantitative estimate of drug-likeness (QED) is 0.838. The summed E-state index contributed by atoms with van der Waals surface area (Å²) in [6.07, 6.45) is 6.62. The Morgan fingerprint density at radius 2 is 2.12 bits per heavy atom. The smallest absolute Gasteiger partial charge is 0.175 e. The van der Waals surface area contributed by atoms with Crippen LogP contribution >= 0.6 is 0 Å². The monoisotopic (exact) mass is 251 g/mol. The molecule has 1 aliphatic carbocycles. The fourth-order valence-corrected chi connectivity index (χ4v) is 2.81. The third kappa shape index (κ3) is 2.76. The van der Waals surface area contributed by atoms with Crippen molar-refractivity contribution in [3.8, 4) is 0 Å². The molecule has 3 nitrogen and oxygen atoms in total. The van der Waals surface area contributed by atoms with Gasteiger partial charge in [-0.2, -0.15) is 0 Å². The number of nitrogens with two attached hydrogens (primary N) is 1. The molecule has 0 heterocycles. The first kappa shape index (κ1) is 12.3. The van der Waals surface area contributed by atoms with Crippen LogP contribution in [0.25, 0.3) is 0 Å². The van der Waals surface area contributed by atoms with E-state index in [1.165, 1.54) is 11.8 Å². The lowest BCUT2D eigenvalue weighted by molar-refractivity contribution is 0.601. The minimum absolute atomic E-state index is 0.167. The number of hydrogen-bond donors (Lipinski definition) is 1. The van der Waals surface area contributed by atoms with E-state index in [4.69, 9.17) is 5.73 Å². The molecule has 4 heteroatoms. The van der Waals surface area contributed by atoms with Gasteiger partial charge in [-0.3, -0.25) is 0 Å². The van der Waals surface area contributed by atoms with Crippen LogP contribution in [0.4, 0.5) is 0 Å². The average molecular weight is 251 g/mol. The van der Waals surface area contributed by atoms with Gasteiger partial charge in [-0.1, -0.05) is 23.8 Å². The summed E-state index contributed by atoms with van der Waals surface area (Å²) in [5.41, 5.74) is 8.24. The predicted molar refractivity (Wildman–Crippen MR) is 68.4 cm³/mol. The van der Waals surface area contributed by atoms with Gasteiger partial charge >= 0.3 is 0 Å². The van der Waals surface area contributed by atoms with Gasteiger partial charge in [0.2, 0.25) is 0 Å². The minimum Gasteiger partial charge on any atom is -0.321 e. The summed E-state index contributed by atoms with van der Waals surface area (Å²) in [6, 6.07) is 6.76. The molecule has 0 bridgehead atoms. The predicted octanol–water partition coefficient (Wildman–Crippen LogP) is 2.20. The first-order chi connectivity index (χ1) is 7.98. The Morgan fingerprint density at radius 3 is 2.71 bits per heavy atom. The van der Waals surface area contributed by atoms with Crippen molar-refractivity contribution in [2.75, 3.05) is 6.26 Å². The number of benzene rings is 1. The largest absolute Gasteiger partial charge is 0.321 e. The fraction of sp³-hybridized carbons (Fsp3) is 0.385. The molecular weight excluding hydrogens is 234 g/mol. The number of hydrogen-bond acceptors (Lipinski definition) is 3. The Labute approximate surface area is 102 Å². The molecule has 2 rings (SSSR count). The second-order valence-electron chi connectivity index (χ2n) is 4.49. The van der Waals surface area contributed by atoms with Crippen molar-refractivity contribution in [2.45, 2.75) is 30.2 Å². The van der Waals surface area contributed by atoms with Crippen LogP contribution in [-0.4, -0.2) is 14.7 Å². The van der Waals surface area contributed by atoms with Gasteiger partial charge in [0.15, 0.2) is 9.84 Å². The molecule has 1 aromatic carbocycles. The van der Waals surface area contributed by atoms with E-state index in [0.29, 0.717) is 4.90 Å². The maximum absolute atomic E-state index is 11.5. The maximum Gasteiger partial charge on any atom is 0.175 e. The van der Waals surface area contributed by atoms with E-state index in [0.717, 1.165) is 24.8 Å². The summed E-state index contributed by atoms with van der Waals surface area (Å²) in [5.74, 6) is 0. The van der Waals surface area contributed by atoms with E-state index in [9.17, 15) is 8.42 Å². The van der Waals surface area contributed by atoms with Crippen molar-refractivity contribution in [3.05, 3.63) is 41.5 Å². The highest BCUT2D eigenvalue weighted by molar-refractivity contribution is 7.90. The van der Waals surface area contributed by atoms with Gasteiger partial charge in [-0.15, -0.1) is 0 Å². The maximum atomic E-state index is 11.5. The molecule has 1 atom stereocenters. The summed E-state index contributed by atoms with van der Waals surface area (Å²) in [5, 5.41) is 0. The second kappa shape index (κ2) is 4.63. The molecule has 0 fully saturated rings. The molecule has 0 saturated carbocycles. The van der Waals surface area contributed by atoms with Crippen molar-refractivity contribution in [1.29, 1.82) is 0 Å². The minimum atomic E-state index is -3.16. The van der Waals surface area contributed by atoms with Crippen LogP contribution in [0.15, 0.2) is 40.8 Å². The summed E-state index contributed by atoms with van der Waals surface area (Å²) in [6.45, 7) is 0. The van der Waals surface area contributed by atoms with E-state index in [1.807, 2.05) is 6.07 Å². The molecule has 17 heavy (non-hydrogen) atoms. The molecule has 1 unspecified atom stereocenters. The lowest BCUT2D eigenvalue weighted by Crippen LogP contribution is -2.13. The van der Waals surface area contributed by atoms with Crippen molar-refractivity contribution in [1.82, 2.24) is 0 Å². The topological polar surface area (TPSA) is 60.2 Å². The Morgan fingerprint density at radius 1 is 1.35 bits per heavy atom. The van der Waals surface area contributed by atoms with E-state index in [1.54, 1.807) is 18.2 Å². The van der Waals surface area contributed by atoms with Crippen molar-refractivity contribution < 1.29 is 8.42 Å². The third-order valence-electron chi connectivity index (χ3n) is 3.12. The van der Waals surface area contributed by atoms with Crippen molar-refractivity contribution in [2.24, 2.45) is 5.73 Å². The Kier molecular flexibility index (Phi) is 3.35. The lowest BCUT2D eigenvalue weighted by atomic mass is 9.99. The molecule has 0 saturated heterocycles.